The summed E-state index contributed by atoms with van der Waals surface area (Å²) in [5.74, 6) is -0.250. The summed E-state index contributed by atoms with van der Waals surface area (Å²) in [6.07, 6.45) is 10.2. The smallest absolute Gasteiger partial charge is 0.306 e. The van der Waals surface area contributed by atoms with Crippen molar-refractivity contribution in [1.82, 2.24) is 5.06 Å². The molecule has 0 aromatic heterocycles. The van der Waals surface area contributed by atoms with Gasteiger partial charge in [-0.25, -0.2) is 0 Å². The van der Waals surface area contributed by atoms with E-state index in [1.165, 1.54) is 12.8 Å². The molecule has 3 saturated heterocycles. The lowest BCUT2D eigenvalue weighted by Gasteiger charge is -2.54. The molecule has 1 aromatic rings. The molecule has 2 bridgehead atoms. The van der Waals surface area contributed by atoms with Gasteiger partial charge in [-0.05, 0) is 46.1 Å². The number of hydrogen-bond acceptors (Lipinski definition) is 6. The topological polar surface area (TPSA) is 65.1 Å². The van der Waals surface area contributed by atoms with Crippen molar-refractivity contribution in [1.29, 1.82) is 0 Å². The Hall–Kier alpha value is -1.92. The number of carbonyl (C=O) groups excluding carboxylic acids is 2. The molecule has 0 spiro atoms. The van der Waals surface area contributed by atoms with Gasteiger partial charge in [0.1, 0.15) is 18.8 Å². The highest BCUT2D eigenvalue weighted by atomic mass is 16.7. The number of rotatable bonds is 1. The Morgan fingerprint density at radius 3 is 1.83 bits per heavy atom. The summed E-state index contributed by atoms with van der Waals surface area (Å²) in [7, 11) is 0. The van der Waals surface area contributed by atoms with Crippen LogP contribution in [0.15, 0.2) is 30.3 Å². The van der Waals surface area contributed by atoms with Crippen LogP contribution in [-0.2, 0) is 23.9 Å². The highest BCUT2D eigenvalue weighted by molar-refractivity contribution is 5.69. The number of fused-ring (bicyclic) bond motifs is 18. The van der Waals surface area contributed by atoms with Gasteiger partial charge in [-0.3, -0.25) is 14.4 Å². The van der Waals surface area contributed by atoms with E-state index in [2.05, 4.69) is 27.7 Å². The molecule has 35 heavy (non-hydrogen) atoms. The van der Waals surface area contributed by atoms with Gasteiger partial charge in [0.25, 0.3) is 0 Å². The molecule has 0 radical (unpaired) electrons. The van der Waals surface area contributed by atoms with Crippen LogP contribution in [-0.4, -0.2) is 40.8 Å². The van der Waals surface area contributed by atoms with E-state index in [4.69, 9.17) is 14.3 Å². The summed E-state index contributed by atoms with van der Waals surface area (Å²) >= 11 is 0. The summed E-state index contributed by atoms with van der Waals surface area (Å²) in [6.45, 7) is 8.66. The predicted octanol–water partition coefficient (Wildman–Crippen LogP) is 6.68. The average molecular weight is 488 g/mol. The van der Waals surface area contributed by atoms with E-state index in [1.807, 2.05) is 35.4 Å². The predicted molar refractivity (Wildman–Crippen MR) is 137 cm³/mol. The van der Waals surface area contributed by atoms with Crippen LogP contribution in [0.4, 0.5) is 0 Å². The van der Waals surface area contributed by atoms with Gasteiger partial charge < -0.3 is 9.47 Å². The summed E-state index contributed by atoms with van der Waals surface area (Å²) < 4.78 is 11.6. The van der Waals surface area contributed by atoms with Gasteiger partial charge in [0.15, 0.2) is 0 Å². The van der Waals surface area contributed by atoms with E-state index in [1.54, 1.807) is 0 Å². The highest BCUT2D eigenvalue weighted by Crippen LogP contribution is 2.42. The molecule has 1 atom stereocenters. The monoisotopic (exact) mass is 487 g/mol. The van der Waals surface area contributed by atoms with Crippen LogP contribution in [0.5, 0.6) is 0 Å². The molecule has 0 amide bonds. The molecule has 0 aliphatic carbocycles. The number of benzene rings is 1. The van der Waals surface area contributed by atoms with Gasteiger partial charge in [0.2, 0.25) is 0 Å². The van der Waals surface area contributed by atoms with Gasteiger partial charge in [0, 0.05) is 36.8 Å². The van der Waals surface area contributed by atoms with E-state index >= 15 is 0 Å². The van der Waals surface area contributed by atoms with Gasteiger partial charge in [-0.15, -0.1) is 0 Å². The second-order valence-electron chi connectivity index (χ2n) is 11.5. The summed E-state index contributed by atoms with van der Waals surface area (Å²) in [6, 6.07) is 9.94. The molecule has 3 heterocycles. The summed E-state index contributed by atoms with van der Waals surface area (Å²) in [5, 5.41) is 2.04. The van der Waals surface area contributed by atoms with Crippen molar-refractivity contribution in [2.45, 2.75) is 128 Å². The minimum Gasteiger partial charge on any atom is -0.462 e. The maximum absolute atomic E-state index is 12.6. The zero-order valence-electron chi connectivity index (χ0n) is 22.2. The Kier molecular flexibility index (Phi) is 10.2. The molecule has 1 aromatic carbocycles. The van der Waals surface area contributed by atoms with Gasteiger partial charge in [-0.2, -0.15) is 5.06 Å². The number of ether oxygens (including phenoxy) is 2. The SMILES string of the molecule is CC1(C)CC2CC(C)(C)N1OC(c1ccccc1)COC(=O)CCCCCCCCCCC(=O)O2. The maximum Gasteiger partial charge on any atom is 0.306 e. The maximum atomic E-state index is 12.6. The standard InChI is InChI=1S/C29H45NO5/c1-28(2)20-24-21-29(3,4)30(28)35-25(23-16-12-11-13-17-23)22-33-26(31)18-14-9-7-5-6-8-10-15-19-27(32)34-24/h11-13,16-17,24-25H,5-10,14-15,18-22H2,1-4H3. The molecule has 0 saturated carbocycles. The second-order valence-corrected chi connectivity index (χ2v) is 11.5. The fourth-order valence-corrected chi connectivity index (χ4v) is 5.61. The third-order valence-electron chi connectivity index (χ3n) is 7.16. The van der Waals surface area contributed by atoms with Gasteiger partial charge in [-0.1, -0.05) is 68.9 Å². The van der Waals surface area contributed by atoms with E-state index < -0.39 is 6.10 Å². The number of hydrogen-bond donors (Lipinski definition) is 0. The van der Waals surface area contributed by atoms with Crippen LogP contribution in [0.25, 0.3) is 0 Å². The highest BCUT2D eigenvalue weighted by Gasteiger charge is 2.48. The number of carbonyl (C=O) groups is 2. The number of esters is 2. The second kappa shape index (κ2) is 12.9. The molecule has 1 unspecified atom stereocenters. The van der Waals surface area contributed by atoms with E-state index in [0.717, 1.165) is 44.1 Å². The Bertz CT molecular complexity index is 789. The molecule has 0 N–H and O–H groups in total. The molecule has 3 fully saturated rings. The minimum absolute atomic E-state index is 0.0871. The Labute approximate surface area is 211 Å². The lowest BCUT2D eigenvalue weighted by atomic mass is 9.80. The van der Waals surface area contributed by atoms with Gasteiger partial charge in [0.05, 0.1) is 0 Å². The van der Waals surface area contributed by atoms with Gasteiger partial charge >= 0.3 is 11.9 Å². The number of hydroxylamine groups is 2. The van der Waals surface area contributed by atoms with Crippen LogP contribution >= 0.6 is 0 Å². The molecule has 6 heteroatoms. The van der Waals surface area contributed by atoms with Crippen LogP contribution < -0.4 is 0 Å². The molecule has 6 nitrogen and oxygen atoms in total. The van der Waals surface area contributed by atoms with Crippen molar-refractivity contribution in [2.75, 3.05) is 6.61 Å². The first-order valence-corrected chi connectivity index (χ1v) is 13.5. The Morgan fingerprint density at radius 1 is 0.743 bits per heavy atom. The Morgan fingerprint density at radius 2 is 1.26 bits per heavy atom. The molecule has 3 aliphatic heterocycles. The van der Waals surface area contributed by atoms with Crippen LogP contribution in [0, 0.1) is 0 Å². The van der Waals surface area contributed by atoms with Crippen LogP contribution in [0.2, 0.25) is 0 Å². The normalized spacial score (nSPS) is 29.4. The first kappa shape index (κ1) is 27.7. The summed E-state index contributed by atoms with van der Waals surface area (Å²) in [4.78, 5) is 31.7. The first-order chi connectivity index (χ1) is 16.7. The van der Waals surface area contributed by atoms with Crippen molar-refractivity contribution in [3.63, 3.8) is 0 Å². The lowest BCUT2D eigenvalue weighted by Crippen LogP contribution is -2.62. The minimum atomic E-state index is -0.410. The van der Waals surface area contributed by atoms with E-state index in [-0.39, 0.29) is 35.7 Å². The molecule has 196 valence electrons. The first-order valence-electron chi connectivity index (χ1n) is 13.5. The van der Waals surface area contributed by atoms with Crippen molar-refractivity contribution in [3.05, 3.63) is 35.9 Å². The largest absolute Gasteiger partial charge is 0.462 e. The summed E-state index contributed by atoms with van der Waals surface area (Å²) in [5.41, 5.74) is 0.226. The van der Waals surface area contributed by atoms with Crippen molar-refractivity contribution >= 4 is 11.9 Å². The van der Waals surface area contributed by atoms with Crippen molar-refractivity contribution in [2.24, 2.45) is 0 Å². The van der Waals surface area contributed by atoms with Crippen LogP contribution in [0.1, 0.15) is 116 Å². The third kappa shape index (κ3) is 8.60. The fraction of sp³-hybridized carbons (Fsp3) is 0.724. The average Bonchev–Trinajstić information content (AvgIpc) is 2.78. The van der Waals surface area contributed by atoms with E-state index in [0.29, 0.717) is 25.7 Å². The van der Waals surface area contributed by atoms with Crippen molar-refractivity contribution in [3.8, 4) is 0 Å². The fourth-order valence-electron chi connectivity index (χ4n) is 5.61. The molecule has 3 aliphatic rings. The quantitative estimate of drug-likeness (QED) is 0.412. The Balaban J connectivity index is 1.78. The third-order valence-corrected chi connectivity index (χ3v) is 7.16. The van der Waals surface area contributed by atoms with E-state index in [9.17, 15) is 9.59 Å². The van der Waals surface area contributed by atoms with Crippen molar-refractivity contribution < 1.29 is 23.9 Å². The zero-order chi connectivity index (χ0) is 25.3. The molecule has 4 rings (SSSR count). The van der Waals surface area contributed by atoms with Crippen LogP contribution in [0.3, 0.4) is 0 Å². The molecular weight excluding hydrogens is 442 g/mol. The zero-order valence-corrected chi connectivity index (χ0v) is 22.2. The lowest BCUT2D eigenvalue weighted by molar-refractivity contribution is -0.321. The number of nitrogens with zero attached hydrogens (tertiary/aromatic N) is 1. The molecular formula is C29H45NO5. The number of piperidine rings is 1.